The molecule has 2 N–H and O–H groups in total. The van der Waals surface area contributed by atoms with Crippen LogP contribution in [-0.4, -0.2) is 13.4 Å². The summed E-state index contributed by atoms with van der Waals surface area (Å²) in [6.45, 7) is 0.239. The van der Waals surface area contributed by atoms with Crippen LogP contribution in [0.5, 0.6) is 0 Å². The molecule has 0 atom stereocenters. The van der Waals surface area contributed by atoms with Gasteiger partial charge < -0.3 is 0 Å². The van der Waals surface area contributed by atoms with Crippen LogP contribution in [0.25, 0.3) is 0 Å². The molecule has 18 heavy (non-hydrogen) atoms. The minimum absolute atomic E-state index is 0.239. The van der Waals surface area contributed by atoms with Gasteiger partial charge in [-0.15, -0.1) is 0 Å². The van der Waals surface area contributed by atoms with Gasteiger partial charge in [-0.25, -0.2) is 4.98 Å². The smallest absolute Gasteiger partial charge is 0.255 e. The van der Waals surface area contributed by atoms with Crippen molar-refractivity contribution in [3.05, 3.63) is 60.3 Å². The number of nitrogens with one attached hydrogen (secondary N) is 2. The van der Waals surface area contributed by atoms with Crippen LogP contribution in [0.1, 0.15) is 5.56 Å². The summed E-state index contributed by atoms with van der Waals surface area (Å²) in [7, 11) is -3.60. The molecule has 0 fully saturated rings. The Labute approximate surface area is 106 Å². The second-order valence-corrected chi connectivity index (χ2v) is 5.13. The maximum absolute atomic E-state index is 11.7. The summed E-state index contributed by atoms with van der Waals surface area (Å²) >= 11 is 0. The molecule has 0 radical (unpaired) electrons. The van der Waals surface area contributed by atoms with E-state index in [2.05, 4.69) is 14.4 Å². The average molecular weight is 263 g/mol. The topological polar surface area (TPSA) is 71.1 Å². The summed E-state index contributed by atoms with van der Waals surface area (Å²) < 4.78 is 28.2. The van der Waals surface area contributed by atoms with Gasteiger partial charge in [-0.3, -0.25) is 4.72 Å². The van der Waals surface area contributed by atoms with Crippen LogP contribution in [-0.2, 0) is 16.8 Å². The third-order valence-electron chi connectivity index (χ3n) is 2.21. The highest BCUT2D eigenvalue weighted by Crippen LogP contribution is 2.03. The molecule has 1 aromatic heterocycles. The number of benzene rings is 1. The highest BCUT2D eigenvalue weighted by atomic mass is 32.2. The summed E-state index contributed by atoms with van der Waals surface area (Å²) in [5.74, 6) is 0.290. The van der Waals surface area contributed by atoms with E-state index < -0.39 is 10.2 Å². The first kappa shape index (κ1) is 12.5. The predicted octanol–water partition coefficient (Wildman–Crippen LogP) is 1.53. The van der Waals surface area contributed by atoms with Crippen molar-refractivity contribution in [3.63, 3.8) is 0 Å². The van der Waals surface area contributed by atoms with Gasteiger partial charge in [0.15, 0.2) is 0 Å². The largest absolute Gasteiger partial charge is 0.300 e. The highest BCUT2D eigenvalue weighted by molar-refractivity contribution is 7.90. The van der Waals surface area contributed by atoms with E-state index in [4.69, 9.17) is 0 Å². The number of hydrogen-bond acceptors (Lipinski definition) is 3. The van der Waals surface area contributed by atoms with Crippen LogP contribution in [0.15, 0.2) is 54.7 Å². The third-order valence-corrected chi connectivity index (χ3v) is 3.22. The Morgan fingerprint density at radius 3 is 2.39 bits per heavy atom. The standard InChI is InChI=1S/C12H13N3O2S/c16-18(17,15-12-8-4-5-9-13-12)14-10-11-6-2-1-3-7-11/h1-9,14H,10H2,(H,13,15). The van der Waals surface area contributed by atoms with E-state index in [0.717, 1.165) is 5.56 Å². The molecule has 0 aliphatic carbocycles. The molecule has 0 unspecified atom stereocenters. The Kier molecular flexibility index (Phi) is 3.91. The number of aromatic nitrogens is 1. The fourth-order valence-corrected chi connectivity index (χ4v) is 2.20. The van der Waals surface area contributed by atoms with Crippen molar-refractivity contribution in [2.75, 3.05) is 4.72 Å². The van der Waals surface area contributed by atoms with Gasteiger partial charge in [-0.05, 0) is 17.7 Å². The molecule has 0 bridgehead atoms. The summed E-state index contributed by atoms with van der Waals surface area (Å²) in [6.07, 6.45) is 1.52. The molecule has 5 nitrogen and oxygen atoms in total. The van der Waals surface area contributed by atoms with E-state index in [9.17, 15) is 8.42 Å². The molecule has 0 aliphatic rings. The SMILES string of the molecule is O=S(=O)(NCc1ccccc1)Nc1ccccn1. The van der Waals surface area contributed by atoms with Gasteiger partial charge >= 0.3 is 10.2 Å². The first-order valence-corrected chi connectivity index (χ1v) is 6.86. The monoisotopic (exact) mass is 263 g/mol. The summed E-state index contributed by atoms with van der Waals surface area (Å²) in [4.78, 5) is 3.89. The Morgan fingerprint density at radius 1 is 1.00 bits per heavy atom. The molecule has 1 heterocycles. The Hall–Kier alpha value is -1.92. The lowest BCUT2D eigenvalue weighted by Crippen LogP contribution is -2.29. The fraction of sp³-hybridized carbons (Fsp3) is 0.0833. The first-order chi connectivity index (χ1) is 8.66. The van der Waals surface area contributed by atoms with Crippen LogP contribution >= 0.6 is 0 Å². The van der Waals surface area contributed by atoms with Crippen LogP contribution in [0.4, 0.5) is 5.82 Å². The minimum atomic E-state index is -3.60. The number of nitrogens with zero attached hydrogens (tertiary/aromatic N) is 1. The molecular weight excluding hydrogens is 250 g/mol. The molecule has 1 aromatic carbocycles. The van der Waals surface area contributed by atoms with E-state index in [-0.39, 0.29) is 12.4 Å². The van der Waals surface area contributed by atoms with Crippen molar-refractivity contribution in [1.29, 1.82) is 0 Å². The highest BCUT2D eigenvalue weighted by Gasteiger charge is 2.09. The second-order valence-electron chi connectivity index (χ2n) is 3.63. The van der Waals surface area contributed by atoms with Crippen LogP contribution < -0.4 is 9.44 Å². The molecule has 0 saturated carbocycles. The molecule has 0 spiro atoms. The normalized spacial score (nSPS) is 11.1. The fourth-order valence-electron chi connectivity index (χ4n) is 1.37. The first-order valence-electron chi connectivity index (χ1n) is 5.38. The van der Waals surface area contributed by atoms with E-state index >= 15 is 0 Å². The molecule has 2 rings (SSSR count). The zero-order valence-corrected chi connectivity index (χ0v) is 10.4. The average Bonchev–Trinajstić information content (AvgIpc) is 2.38. The lowest BCUT2D eigenvalue weighted by Gasteiger charge is -2.08. The van der Waals surface area contributed by atoms with Crippen molar-refractivity contribution in [3.8, 4) is 0 Å². The van der Waals surface area contributed by atoms with Gasteiger partial charge in [-0.1, -0.05) is 36.4 Å². The second kappa shape index (κ2) is 5.61. The molecule has 0 amide bonds. The maximum Gasteiger partial charge on any atom is 0.300 e. The van der Waals surface area contributed by atoms with Crippen molar-refractivity contribution in [2.45, 2.75) is 6.54 Å². The number of hydrogen-bond donors (Lipinski definition) is 2. The summed E-state index contributed by atoms with van der Waals surface area (Å²) in [6, 6.07) is 14.3. The Bertz CT molecular complexity index is 585. The van der Waals surface area contributed by atoms with Crippen LogP contribution in [0.3, 0.4) is 0 Å². The number of anilines is 1. The lowest BCUT2D eigenvalue weighted by atomic mass is 10.2. The molecule has 2 aromatic rings. The Morgan fingerprint density at radius 2 is 1.72 bits per heavy atom. The van der Waals surface area contributed by atoms with Crippen LogP contribution in [0, 0.1) is 0 Å². The van der Waals surface area contributed by atoms with E-state index in [1.54, 1.807) is 18.2 Å². The number of pyridine rings is 1. The third kappa shape index (κ3) is 3.83. The zero-order valence-electron chi connectivity index (χ0n) is 9.58. The van der Waals surface area contributed by atoms with Gasteiger partial charge in [0.2, 0.25) is 0 Å². The van der Waals surface area contributed by atoms with Crippen molar-refractivity contribution < 1.29 is 8.42 Å². The van der Waals surface area contributed by atoms with E-state index in [1.165, 1.54) is 6.20 Å². The van der Waals surface area contributed by atoms with Gasteiger partial charge in [0.25, 0.3) is 0 Å². The maximum atomic E-state index is 11.7. The van der Waals surface area contributed by atoms with Crippen molar-refractivity contribution in [1.82, 2.24) is 9.71 Å². The van der Waals surface area contributed by atoms with E-state index in [1.807, 2.05) is 30.3 Å². The van der Waals surface area contributed by atoms with Gasteiger partial charge in [-0.2, -0.15) is 13.1 Å². The molecular formula is C12H13N3O2S. The number of rotatable bonds is 5. The van der Waals surface area contributed by atoms with Crippen molar-refractivity contribution in [2.24, 2.45) is 0 Å². The zero-order chi connectivity index (χ0) is 12.8. The minimum Gasteiger partial charge on any atom is -0.255 e. The lowest BCUT2D eigenvalue weighted by molar-refractivity contribution is 0.586. The summed E-state index contributed by atoms with van der Waals surface area (Å²) in [5, 5.41) is 0. The molecule has 6 heteroatoms. The van der Waals surface area contributed by atoms with Gasteiger partial charge in [0.1, 0.15) is 5.82 Å². The van der Waals surface area contributed by atoms with Crippen molar-refractivity contribution >= 4 is 16.0 Å². The summed E-state index contributed by atoms with van der Waals surface area (Å²) in [5.41, 5.74) is 0.892. The van der Waals surface area contributed by atoms with Crippen LogP contribution in [0.2, 0.25) is 0 Å². The van der Waals surface area contributed by atoms with Gasteiger partial charge in [0, 0.05) is 12.7 Å². The molecule has 0 aliphatic heterocycles. The molecule has 0 saturated heterocycles. The van der Waals surface area contributed by atoms with Gasteiger partial charge in [0.05, 0.1) is 0 Å². The Balaban J connectivity index is 1.96. The predicted molar refractivity (Wildman–Crippen MR) is 70.1 cm³/mol. The van der Waals surface area contributed by atoms with E-state index in [0.29, 0.717) is 0 Å². The molecule has 94 valence electrons. The quantitative estimate of drug-likeness (QED) is 0.859.